The lowest BCUT2D eigenvalue weighted by molar-refractivity contribution is 0.334. The summed E-state index contributed by atoms with van der Waals surface area (Å²) < 4.78 is 5.73. The highest BCUT2D eigenvalue weighted by molar-refractivity contribution is 5.38. The molecule has 0 aliphatic rings. The summed E-state index contributed by atoms with van der Waals surface area (Å²) in [5.41, 5.74) is 9.90. The SMILES string of the molecule is CCOc1ccccc1C(CN)Cc1ccccc1C. The Morgan fingerprint density at radius 3 is 2.45 bits per heavy atom. The van der Waals surface area contributed by atoms with Gasteiger partial charge in [-0.15, -0.1) is 0 Å². The molecule has 0 amide bonds. The minimum atomic E-state index is 0.291. The molecule has 2 N–H and O–H groups in total. The number of aryl methyl sites for hydroxylation is 1. The first-order valence-electron chi connectivity index (χ1n) is 7.22. The van der Waals surface area contributed by atoms with Crippen molar-refractivity contribution >= 4 is 0 Å². The van der Waals surface area contributed by atoms with Gasteiger partial charge in [0.2, 0.25) is 0 Å². The van der Waals surface area contributed by atoms with Gasteiger partial charge in [0.05, 0.1) is 6.61 Å². The average molecular weight is 269 g/mol. The van der Waals surface area contributed by atoms with Gasteiger partial charge >= 0.3 is 0 Å². The third kappa shape index (κ3) is 3.40. The zero-order valence-electron chi connectivity index (χ0n) is 12.3. The van der Waals surface area contributed by atoms with Gasteiger partial charge in [-0.25, -0.2) is 0 Å². The fourth-order valence-electron chi connectivity index (χ4n) is 2.53. The summed E-state index contributed by atoms with van der Waals surface area (Å²) in [5, 5.41) is 0. The van der Waals surface area contributed by atoms with E-state index in [1.165, 1.54) is 16.7 Å². The van der Waals surface area contributed by atoms with Crippen molar-refractivity contribution in [2.75, 3.05) is 13.2 Å². The number of ether oxygens (including phenoxy) is 1. The molecule has 2 rings (SSSR count). The van der Waals surface area contributed by atoms with E-state index in [-0.39, 0.29) is 0 Å². The molecule has 0 aliphatic heterocycles. The first kappa shape index (κ1) is 14.6. The molecule has 0 spiro atoms. The van der Waals surface area contributed by atoms with Gasteiger partial charge in [0.25, 0.3) is 0 Å². The zero-order valence-corrected chi connectivity index (χ0v) is 12.3. The Bertz CT molecular complexity index is 551. The molecule has 1 unspecified atom stereocenters. The summed E-state index contributed by atoms with van der Waals surface area (Å²) in [6.07, 6.45) is 0.952. The maximum atomic E-state index is 6.01. The molecular weight excluding hydrogens is 246 g/mol. The Morgan fingerprint density at radius 2 is 1.75 bits per heavy atom. The average Bonchev–Trinajstić information content (AvgIpc) is 2.48. The summed E-state index contributed by atoms with van der Waals surface area (Å²) in [6.45, 7) is 5.46. The van der Waals surface area contributed by atoms with Crippen LogP contribution in [0.4, 0.5) is 0 Å². The molecule has 20 heavy (non-hydrogen) atoms. The largest absolute Gasteiger partial charge is 0.494 e. The Kier molecular flexibility index (Phi) is 5.19. The molecule has 0 heterocycles. The summed E-state index contributed by atoms with van der Waals surface area (Å²) >= 11 is 0. The van der Waals surface area contributed by atoms with Crippen LogP contribution in [0.15, 0.2) is 48.5 Å². The highest BCUT2D eigenvalue weighted by Crippen LogP contribution is 2.29. The van der Waals surface area contributed by atoms with Gasteiger partial charge in [0.15, 0.2) is 0 Å². The minimum Gasteiger partial charge on any atom is -0.494 e. The standard InChI is InChI=1S/C18H23NO/c1-3-20-18-11-7-6-10-17(18)16(13-19)12-15-9-5-4-8-14(15)2/h4-11,16H,3,12-13,19H2,1-2H3. The Balaban J connectivity index is 2.27. The lowest BCUT2D eigenvalue weighted by atomic mass is 9.90. The number of rotatable bonds is 6. The minimum absolute atomic E-state index is 0.291. The van der Waals surface area contributed by atoms with Gasteiger partial charge in [-0.05, 0) is 49.6 Å². The highest BCUT2D eigenvalue weighted by atomic mass is 16.5. The Morgan fingerprint density at radius 1 is 1.05 bits per heavy atom. The van der Waals surface area contributed by atoms with Gasteiger partial charge in [0, 0.05) is 5.92 Å². The van der Waals surface area contributed by atoms with Gasteiger partial charge in [-0.1, -0.05) is 42.5 Å². The summed E-state index contributed by atoms with van der Waals surface area (Å²) in [6, 6.07) is 16.7. The maximum absolute atomic E-state index is 6.01. The molecule has 2 heteroatoms. The van der Waals surface area contributed by atoms with E-state index in [4.69, 9.17) is 10.5 Å². The van der Waals surface area contributed by atoms with Crippen molar-refractivity contribution in [2.45, 2.75) is 26.2 Å². The van der Waals surface area contributed by atoms with Crippen LogP contribution in [0.25, 0.3) is 0 Å². The van der Waals surface area contributed by atoms with Crippen LogP contribution < -0.4 is 10.5 Å². The highest BCUT2D eigenvalue weighted by Gasteiger charge is 2.16. The Labute approximate surface area is 121 Å². The van der Waals surface area contributed by atoms with Crippen molar-refractivity contribution in [1.29, 1.82) is 0 Å². The molecule has 0 bridgehead atoms. The predicted octanol–water partition coefficient (Wildman–Crippen LogP) is 3.68. The van der Waals surface area contributed by atoms with Crippen LogP contribution in [0.3, 0.4) is 0 Å². The smallest absolute Gasteiger partial charge is 0.122 e. The summed E-state index contributed by atoms with van der Waals surface area (Å²) in [5.74, 6) is 1.25. The van der Waals surface area contributed by atoms with Crippen LogP contribution in [-0.2, 0) is 6.42 Å². The van der Waals surface area contributed by atoms with E-state index in [1.54, 1.807) is 0 Å². The van der Waals surface area contributed by atoms with Crippen molar-refractivity contribution in [3.63, 3.8) is 0 Å². The summed E-state index contributed by atoms with van der Waals surface area (Å²) in [4.78, 5) is 0. The normalized spacial score (nSPS) is 12.2. The molecule has 106 valence electrons. The van der Waals surface area contributed by atoms with Crippen molar-refractivity contribution < 1.29 is 4.74 Å². The van der Waals surface area contributed by atoms with Crippen molar-refractivity contribution in [2.24, 2.45) is 5.73 Å². The van der Waals surface area contributed by atoms with E-state index in [0.717, 1.165) is 12.2 Å². The van der Waals surface area contributed by atoms with E-state index in [2.05, 4.69) is 43.3 Å². The van der Waals surface area contributed by atoms with Crippen molar-refractivity contribution in [3.8, 4) is 5.75 Å². The molecule has 1 atom stereocenters. The third-order valence-electron chi connectivity index (χ3n) is 3.67. The van der Waals surface area contributed by atoms with E-state index in [0.29, 0.717) is 19.1 Å². The van der Waals surface area contributed by atoms with Crippen LogP contribution in [-0.4, -0.2) is 13.2 Å². The number of benzene rings is 2. The fourth-order valence-corrected chi connectivity index (χ4v) is 2.53. The Hall–Kier alpha value is -1.80. The van der Waals surface area contributed by atoms with Crippen LogP contribution in [0, 0.1) is 6.92 Å². The molecule has 0 saturated heterocycles. The number of hydrogen-bond acceptors (Lipinski definition) is 2. The molecule has 2 aromatic carbocycles. The lowest BCUT2D eigenvalue weighted by Gasteiger charge is -2.20. The molecule has 0 fully saturated rings. The first-order chi connectivity index (χ1) is 9.76. The van der Waals surface area contributed by atoms with Crippen LogP contribution in [0.5, 0.6) is 5.75 Å². The van der Waals surface area contributed by atoms with Crippen LogP contribution >= 0.6 is 0 Å². The van der Waals surface area contributed by atoms with Crippen molar-refractivity contribution in [3.05, 3.63) is 65.2 Å². The van der Waals surface area contributed by atoms with E-state index in [9.17, 15) is 0 Å². The summed E-state index contributed by atoms with van der Waals surface area (Å²) in [7, 11) is 0. The molecule has 0 saturated carbocycles. The molecular formula is C18H23NO. The topological polar surface area (TPSA) is 35.2 Å². The zero-order chi connectivity index (χ0) is 14.4. The van der Waals surface area contributed by atoms with Gasteiger partial charge in [-0.3, -0.25) is 0 Å². The lowest BCUT2D eigenvalue weighted by Crippen LogP contribution is -2.16. The van der Waals surface area contributed by atoms with Crippen molar-refractivity contribution in [1.82, 2.24) is 0 Å². The molecule has 0 aliphatic carbocycles. The number of hydrogen-bond donors (Lipinski definition) is 1. The second-order valence-electron chi connectivity index (χ2n) is 5.03. The predicted molar refractivity (Wildman–Crippen MR) is 84.3 cm³/mol. The fraction of sp³-hybridized carbons (Fsp3) is 0.333. The third-order valence-corrected chi connectivity index (χ3v) is 3.67. The van der Waals surface area contributed by atoms with Gasteiger partial charge in [-0.2, -0.15) is 0 Å². The van der Waals surface area contributed by atoms with E-state index >= 15 is 0 Å². The van der Waals surface area contributed by atoms with E-state index < -0.39 is 0 Å². The first-order valence-corrected chi connectivity index (χ1v) is 7.22. The molecule has 2 nitrogen and oxygen atoms in total. The second-order valence-corrected chi connectivity index (χ2v) is 5.03. The number of para-hydroxylation sites is 1. The van der Waals surface area contributed by atoms with Gasteiger partial charge < -0.3 is 10.5 Å². The monoisotopic (exact) mass is 269 g/mol. The molecule has 2 aromatic rings. The quantitative estimate of drug-likeness (QED) is 0.868. The van der Waals surface area contributed by atoms with E-state index in [1.807, 2.05) is 19.1 Å². The maximum Gasteiger partial charge on any atom is 0.122 e. The molecule has 0 radical (unpaired) electrons. The number of nitrogens with two attached hydrogens (primary N) is 1. The van der Waals surface area contributed by atoms with Gasteiger partial charge in [0.1, 0.15) is 5.75 Å². The molecule has 0 aromatic heterocycles. The second kappa shape index (κ2) is 7.11. The van der Waals surface area contributed by atoms with Crippen LogP contribution in [0.2, 0.25) is 0 Å². The van der Waals surface area contributed by atoms with Crippen LogP contribution in [0.1, 0.15) is 29.5 Å².